The first kappa shape index (κ1) is 21.7. The number of rotatable bonds is 4. The summed E-state index contributed by atoms with van der Waals surface area (Å²) in [5, 5.41) is 11.0. The van der Waals surface area contributed by atoms with Crippen molar-refractivity contribution >= 4 is 27.5 Å². The molecule has 0 saturated heterocycles. The number of carbonyl (C=O) groups excluding carboxylic acids is 1. The molecule has 1 unspecified atom stereocenters. The number of halogens is 1. The monoisotopic (exact) mass is 527 g/mol. The van der Waals surface area contributed by atoms with E-state index >= 15 is 0 Å². The van der Waals surface area contributed by atoms with Crippen molar-refractivity contribution in [3.05, 3.63) is 118 Å². The number of amides is 1. The van der Waals surface area contributed by atoms with Crippen LogP contribution in [0.5, 0.6) is 17.2 Å². The summed E-state index contributed by atoms with van der Waals surface area (Å²) >= 11 is 3.57. The van der Waals surface area contributed by atoms with Gasteiger partial charge in [0.25, 0.3) is 0 Å². The Bertz CT molecular complexity index is 1370. The molecule has 0 aliphatic carbocycles. The summed E-state index contributed by atoms with van der Waals surface area (Å²) < 4.78 is 12.3. The maximum absolute atomic E-state index is 14.3. The Kier molecular flexibility index (Phi) is 5.46. The number of fused-ring (bicyclic) bond motifs is 2. The van der Waals surface area contributed by atoms with Crippen molar-refractivity contribution in [3.8, 4) is 17.2 Å². The van der Waals surface area contributed by atoms with Gasteiger partial charge in [-0.3, -0.25) is 9.69 Å². The zero-order valence-corrected chi connectivity index (χ0v) is 20.3. The average molecular weight is 528 g/mol. The third kappa shape index (κ3) is 3.74. The molecule has 1 atom stereocenters. The Morgan fingerprint density at radius 2 is 1.40 bits per heavy atom. The second-order valence-electron chi connectivity index (χ2n) is 8.62. The standard InChI is InChI=1S/C29H22BrNO4/c30-20-11-12-23-21(15-20)27(22-16-25-26(17-24(22)32)35-14-13-34-25)29(33)31(23)28(18-7-3-1-4-8-18)19-9-5-2-6-10-19/h1-12,15-17,27-28,32H,13-14H2. The third-order valence-electron chi connectivity index (χ3n) is 6.54. The molecule has 0 radical (unpaired) electrons. The van der Waals surface area contributed by atoms with Gasteiger partial charge in [0.1, 0.15) is 19.0 Å². The number of hydrogen-bond donors (Lipinski definition) is 1. The van der Waals surface area contributed by atoms with Crippen LogP contribution in [0, 0.1) is 0 Å². The molecule has 6 rings (SSSR count). The topological polar surface area (TPSA) is 59.0 Å². The Morgan fingerprint density at radius 3 is 2.03 bits per heavy atom. The number of carbonyl (C=O) groups is 1. The minimum absolute atomic E-state index is 0.0105. The highest BCUT2D eigenvalue weighted by atomic mass is 79.9. The molecule has 2 aliphatic heterocycles. The second kappa shape index (κ2) is 8.78. The van der Waals surface area contributed by atoms with Crippen LogP contribution in [0.1, 0.15) is 34.2 Å². The molecular weight excluding hydrogens is 506 g/mol. The van der Waals surface area contributed by atoms with Gasteiger partial charge in [-0.25, -0.2) is 0 Å². The fraction of sp³-hybridized carbons (Fsp3) is 0.138. The second-order valence-corrected chi connectivity index (χ2v) is 9.54. The summed E-state index contributed by atoms with van der Waals surface area (Å²) in [5.41, 5.74) is 4.16. The predicted octanol–water partition coefficient (Wildman–Crippen LogP) is 6.19. The lowest BCUT2D eigenvalue weighted by Crippen LogP contribution is -2.34. The zero-order valence-electron chi connectivity index (χ0n) is 18.7. The van der Waals surface area contributed by atoms with Gasteiger partial charge < -0.3 is 14.6 Å². The van der Waals surface area contributed by atoms with E-state index < -0.39 is 5.92 Å². The quantitative estimate of drug-likeness (QED) is 0.343. The van der Waals surface area contributed by atoms with Crippen molar-refractivity contribution < 1.29 is 19.4 Å². The molecule has 174 valence electrons. The molecule has 2 heterocycles. The summed E-state index contributed by atoms with van der Waals surface area (Å²) in [4.78, 5) is 16.2. The fourth-order valence-electron chi connectivity index (χ4n) is 5.02. The smallest absolute Gasteiger partial charge is 0.240 e. The first-order valence-corrected chi connectivity index (χ1v) is 12.3. The van der Waals surface area contributed by atoms with Crippen molar-refractivity contribution in [2.75, 3.05) is 18.1 Å². The molecule has 0 saturated carbocycles. The molecule has 4 aromatic rings. The van der Waals surface area contributed by atoms with Crippen LogP contribution in [0.2, 0.25) is 0 Å². The van der Waals surface area contributed by atoms with Crippen molar-refractivity contribution in [3.63, 3.8) is 0 Å². The van der Waals surface area contributed by atoms with Crippen molar-refractivity contribution in [2.24, 2.45) is 0 Å². The van der Waals surface area contributed by atoms with E-state index in [2.05, 4.69) is 15.9 Å². The number of hydrogen-bond acceptors (Lipinski definition) is 4. The van der Waals surface area contributed by atoms with Gasteiger partial charge in [0.2, 0.25) is 5.91 Å². The summed E-state index contributed by atoms with van der Waals surface area (Å²) in [6.07, 6.45) is 0. The number of nitrogens with zero attached hydrogens (tertiary/aromatic N) is 1. The van der Waals surface area contributed by atoms with Crippen LogP contribution >= 0.6 is 15.9 Å². The van der Waals surface area contributed by atoms with Gasteiger partial charge in [-0.05, 0) is 41.0 Å². The van der Waals surface area contributed by atoms with E-state index in [0.717, 1.165) is 26.9 Å². The first-order chi connectivity index (χ1) is 17.1. The molecule has 35 heavy (non-hydrogen) atoms. The number of phenolic OH excluding ortho intramolecular Hbond substituents is 1. The Morgan fingerprint density at radius 1 is 0.800 bits per heavy atom. The molecule has 0 aromatic heterocycles. The van der Waals surface area contributed by atoms with Crippen LogP contribution in [-0.2, 0) is 4.79 Å². The highest BCUT2D eigenvalue weighted by Gasteiger charge is 2.44. The molecule has 0 spiro atoms. The normalized spacial score (nSPS) is 16.5. The molecule has 5 nitrogen and oxygen atoms in total. The summed E-state index contributed by atoms with van der Waals surface area (Å²) in [6, 6.07) is 28.9. The van der Waals surface area contributed by atoms with E-state index in [1.807, 2.05) is 83.8 Å². The van der Waals surface area contributed by atoms with Gasteiger partial charge >= 0.3 is 0 Å². The summed E-state index contributed by atoms with van der Waals surface area (Å²) in [7, 11) is 0. The number of benzene rings is 4. The highest BCUT2D eigenvalue weighted by Crippen LogP contribution is 2.51. The van der Waals surface area contributed by atoms with Crippen LogP contribution in [0.25, 0.3) is 0 Å². The van der Waals surface area contributed by atoms with Gasteiger partial charge in [-0.1, -0.05) is 76.6 Å². The van der Waals surface area contributed by atoms with Gasteiger partial charge in [0.15, 0.2) is 11.5 Å². The summed E-state index contributed by atoms with van der Waals surface area (Å²) in [6.45, 7) is 0.849. The van der Waals surface area contributed by atoms with Crippen LogP contribution in [0.4, 0.5) is 5.69 Å². The lowest BCUT2D eigenvalue weighted by atomic mass is 9.91. The van der Waals surface area contributed by atoms with E-state index in [1.54, 1.807) is 12.1 Å². The van der Waals surface area contributed by atoms with E-state index in [9.17, 15) is 9.90 Å². The van der Waals surface area contributed by atoms with Gasteiger partial charge in [-0.2, -0.15) is 0 Å². The number of anilines is 1. The third-order valence-corrected chi connectivity index (χ3v) is 7.03. The lowest BCUT2D eigenvalue weighted by molar-refractivity contribution is -0.118. The molecule has 0 fully saturated rings. The van der Waals surface area contributed by atoms with Crippen LogP contribution in [-0.4, -0.2) is 24.2 Å². The van der Waals surface area contributed by atoms with Crippen LogP contribution < -0.4 is 14.4 Å². The van der Waals surface area contributed by atoms with Crippen molar-refractivity contribution in [2.45, 2.75) is 12.0 Å². The van der Waals surface area contributed by atoms with E-state index in [-0.39, 0.29) is 17.7 Å². The molecule has 1 amide bonds. The summed E-state index contributed by atoms with van der Waals surface area (Å²) in [5.74, 6) is 0.239. The first-order valence-electron chi connectivity index (χ1n) is 11.5. The fourth-order valence-corrected chi connectivity index (χ4v) is 5.40. The van der Waals surface area contributed by atoms with Crippen molar-refractivity contribution in [1.29, 1.82) is 0 Å². The van der Waals surface area contributed by atoms with E-state index in [1.165, 1.54) is 0 Å². The van der Waals surface area contributed by atoms with Gasteiger partial charge in [0.05, 0.1) is 12.0 Å². The average Bonchev–Trinajstić information content (AvgIpc) is 3.16. The van der Waals surface area contributed by atoms with E-state index in [4.69, 9.17) is 9.47 Å². The van der Waals surface area contributed by atoms with E-state index in [0.29, 0.717) is 30.3 Å². The number of ether oxygens (including phenoxy) is 2. The van der Waals surface area contributed by atoms with Gasteiger partial charge in [-0.15, -0.1) is 0 Å². The Hall–Kier alpha value is -3.77. The molecule has 1 N–H and O–H groups in total. The SMILES string of the molecule is O=C1C(c2cc3c(cc2O)OCCO3)c2cc(Br)ccc2N1C(c1ccccc1)c1ccccc1. The molecule has 6 heteroatoms. The molecular formula is C29H22BrNO4. The Labute approximate surface area is 211 Å². The largest absolute Gasteiger partial charge is 0.507 e. The molecule has 0 bridgehead atoms. The minimum atomic E-state index is -0.687. The predicted molar refractivity (Wildman–Crippen MR) is 137 cm³/mol. The maximum atomic E-state index is 14.3. The van der Waals surface area contributed by atoms with Gasteiger partial charge in [0, 0.05) is 21.8 Å². The minimum Gasteiger partial charge on any atom is -0.507 e. The number of phenols is 1. The molecule has 2 aliphatic rings. The number of aromatic hydroxyl groups is 1. The highest BCUT2D eigenvalue weighted by molar-refractivity contribution is 9.10. The lowest BCUT2D eigenvalue weighted by Gasteiger charge is -2.30. The van der Waals surface area contributed by atoms with Crippen LogP contribution in [0.3, 0.4) is 0 Å². The van der Waals surface area contributed by atoms with Crippen molar-refractivity contribution in [1.82, 2.24) is 0 Å². The molecule has 4 aromatic carbocycles. The zero-order chi connectivity index (χ0) is 23.9. The Balaban J connectivity index is 1.54. The van der Waals surface area contributed by atoms with Crippen LogP contribution in [0.15, 0.2) is 95.5 Å². The maximum Gasteiger partial charge on any atom is 0.240 e.